The first-order chi connectivity index (χ1) is 66.6. The predicted octanol–water partition coefficient (Wildman–Crippen LogP) is 19.3. The molecule has 28 heteroatoms. The second kappa shape index (κ2) is 58.5. The normalized spacial score (nSPS) is 14.3. The Bertz CT molecular complexity index is 5610. The predicted molar refractivity (Wildman–Crippen MR) is 566 cm³/mol. The van der Waals surface area contributed by atoms with Gasteiger partial charge in [0.2, 0.25) is 11.7 Å². The van der Waals surface area contributed by atoms with Gasteiger partial charge in [-0.1, -0.05) is 116 Å². The molecular weight excluding hydrogens is 1890 g/mol. The van der Waals surface area contributed by atoms with Crippen molar-refractivity contribution < 1.29 is 118 Å². The molecule has 4 aliphatic heterocycles. The number of hydrogen-bond acceptors (Lipinski definition) is 18. The maximum Gasteiger partial charge on any atom is 1.00 e. The molecular formula is C114H151ILi2N8O17. The number of carbonyl (C=O) groups is 8. The van der Waals surface area contributed by atoms with E-state index in [9.17, 15) is 43.5 Å². The van der Waals surface area contributed by atoms with Crippen molar-refractivity contribution in [2.45, 2.75) is 218 Å². The number of piperidine rings is 4. The molecule has 7 amide bonds. The number of furan rings is 4. The summed E-state index contributed by atoms with van der Waals surface area (Å²) < 4.78 is 40.6. The van der Waals surface area contributed by atoms with Crippen LogP contribution in [0.15, 0.2) is 224 Å². The van der Waals surface area contributed by atoms with Crippen LogP contribution in [0, 0.1) is 34.2 Å². The van der Waals surface area contributed by atoms with Gasteiger partial charge in [0.1, 0.15) is 56.3 Å². The molecule has 4 fully saturated rings. The van der Waals surface area contributed by atoms with Crippen molar-refractivity contribution >= 4 is 120 Å². The Morgan fingerprint density at radius 1 is 0.458 bits per heavy atom. The summed E-state index contributed by atoms with van der Waals surface area (Å²) in [5.74, 6) is 2.97. The van der Waals surface area contributed by atoms with Crippen molar-refractivity contribution in [2.24, 2.45) is 17.8 Å². The molecule has 1 unspecified atom stereocenters. The van der Waals surface area contributed by atoms with Crippen LogP contribution < -0.4 is 43.0 Å². The number of halogens is 1. The molecule has 4 aromatic heterocycles. The minimum absolute atomic E-state index is 0. The number of Topliss-reactive ketones (excluding diaryl/α,β-unsaturated/α-hetero) is 1. The summed E-state index contributed by atoms with van der Waals surface area (Å²) in [7, 11) is 3.07. The second-order valence-electron chi connectivity index (χ2n) is 38.5. The molecule has 15 rings (SSSR count). The van der Waals surface area contributed by atoms with Gasteiger partial charge in [0.05, 0.1) is 13.4 Å². The van der Waals surface area contributed by atoms with Crippen LogP contribution in [0.2, 0.25) is 0 Å². The van der Waals surface area contributed by atoms with Crippen molar-refractivity contribution in [3.63, 3.8) is 0 Å². The van der Waals surface area contributed by atoms with E-state index < -0.39 is 22.4 Å². The molecule has 758 valence electrons. The molecule has 0 radical (unpaired) electrons. The number of benzene rings is 7. The molecule has 0 bridgehead atoms. The zero-order valence-corrected chi connectivity index (χ0v) is 90.6. The molecule has 1 atom stereocenters. The van der Waals surface area contributed by atoms with Gasteiger partial charge in [0.15, 0.2) is 5.76 Å². The number of amides is 7. The zero-order chi connectivity index (χ0) is 103. The number of unbranched alkanes of at least 4 members (excludes halogenated alkanes) is 1. The van der Waals surface area contributed by atoms with Crippen LogP contribution in [0.25, 0.3) is 49.5 Å². The molecule has 11 aromatic rings. The number of rotatable bonds is 19. The van der Waals surface area contributed by atoms with Gasteiger partial charge in [-0.25, -0.2) is 19.4 Å². The van der Waals surface area contributed by atoms with Crippen molar-refractivity contribution in [2.75, 3.05) is 106 Å². The number of nitrogens with one attached hydrogen (secondary N) is 1. The number of ketones is 1. The number of hydrogen-bond donors (Lipinski definition) is 2. The molecule has 0 spiro atoms. The van der Waals surface area contributed by atoms with Crippen LogP contribution in [0.3, 0.4) is 0 Å². The number of fused-ring (bicyclic) bond motifs is 4. The monoisotopic (exact) mass is 2050 g/mol. The number of para-hydroxylation sites is 4. The van der Waals surface area contributed by atoms with Crippen molar-refractivity contribution in [3.8, 4) is 0 Å². The summed E-state index contributed by atoms with van der Waals surface area (Å²) >= 11 is 2.23. The fourth-order valence-corrected chi connectivity index (χ4v) is 16.7. The molecule has 0 saturated carbocycles. The topological polar surface area (TPSA) is 281 Å². The number of carbonyl (C=O) groups excluding carboxylic acids is 8. The summed E-state index contributed by atoms with van der Waals surface area (Å²) in [6, 6.07) is 62.0. The SMILES string of the molecule is CC(C)(C)OC(=O)N1CCC(C(=O)c2cc3ccccc3o2)CC1.CCN(CC)C(=O)c1ccc(C(=C2CCNCC2)c2cc3ccccc3o2)cc1.CCN(CC)C(=O)c1ccc(C(O)(c2cc3ccccc3o2)C2CCN(C(=O)OC(C)(C)C)CC2)cc1.CCN(CC)C(=O)c1ccc(I)cc1.CON(C)C(=O)C1CCN(C(=O)OC(C)(C)C)CC1.C[C-](C)C.[CH2-]CCC.[Li+].[Li+].c1ccc2occc2c1. The van der Waals surface area contributed by atoms with E-state index in [4.69, 9.17) is 36.7 Å². The molecule has 7 aromatic carbocycles. The first kappa shape index (κ1) is 120. The Hall–Kier alpha value is -10.4. The molecule has 2 N–H and O–H groups in total. The number of aliphatic hydroxyl groups is 1. The van der Waals surface area contributed by atoms with Gasteiger partial charge in [-0.2, -0.15) is 27.2 Å². The number of hydroxylamine groups is 2. The third kappa shape index (κ3) is 36.1. The van der Waals surface area contributed by atoms with Crippen LogP contribution in [0.5, 0.6) is 0 Å². The number of likely N-dealkylation sites (tertiary alicyclic amines) is 3. The molecule has 4 saturated heterocycles. The van der Waals surface area contributed by atoms with Gasteiger partial charge >= 0.3 is 56.0 Å². The summed E-state index contributed by atoms with van der Waals surface area (Å²) in [5, 5.41) is 21.2. The Morgan fingerprint density at radius 2 is 0.796 bits per heavy atom. The van der Waals surface area contributed by atoms with E-state index in [1.807, 2.05) is 265 Å². The van der Waals surface area contributed by atoms with Crippen molar-refractivity contribution in [1.29, 1.82) is 0 Å². The molecule has 0 aliphatic carbocycles. The van der Waals surface area contributed by atoms with E-state index in [2.05, 4.69) is 86.8 Å². The fourth-order valence-electron chi connectivity index (χ4n) is 16.3. The van der Waals surface area contributed by atoms with E-state index in [-0.39, 0.29) is 103 Å². The van der Waals surface area contributed by atoms with E-state index in [1.165, 1.54) is 35.7 Å². The third-order valence-corrected chi connectivity index (χ3v) is 24.7. The Labute approximate surface area is 880 Å². The maximum absolute atomic E-state index is 12.9. The second-order valence-corrected chi connectivity index (χ2v) is 39.7. The average Bonchev–Trinajstić information content (AvgIpc) is 1.52. The van der Waals surface area contributed by atoms with Crippen molar-refractivity contribution in [3.05, 3.63) is 267 Å². The summed E-state index contributed by atoms with van der Waals surface area (Å²) in [6.45, 7) is 49.8. The first-order valence-corrected chi connectivity index (χ1v) is 50.5. The molecule has 8 heterocycles. The average molecular weight is 2050 g/mol. The largest absolute Gasteiger partial charge is 1.00 e. The van der Waals surface area contributed by atoms with Crippen molar-refractivity contribution in [1.82, 2.24) is 39.8 Å². The van der Waals surface area contributed by atoms with Gasteiger partial charge in [0.25, 0.3) is 17.7 Å². The van der Waals surface area contributed by atoms with Crippen LogP contribution >= 0.6 is 22.6 Å². The van der Waals surface area contributed by atoms with Gasteiger partial charge in [0, 0.05) is 151 Å². The quantitative estimate of drug-likeness (QED) is 0.0190. The summed E-state index contributed by atoms with van der Waals surface area (Å²) in [5.41, 5.74) is 6.76. The molecule has 4 aliphatic rings. The summed E-state index contributed by atoms with van der Waals surface area (Å²) in [6.07, 6.45) is 8.75. The van der Waals surface area contributed by atoms with Crippen LogP contribution in [-0.2, 0) is 29.4 Å². The molecule has 142 heavy (non-hydrogen) atoms. The zero-order valence-electron chi connectivity index (χ0n) is 88.4. The molecule has 25 nitrogen and oxygen atoms in total. The first-order valence-electron chi connectivity index (χ1n) is 49.4. The van der Waals surface area contributed by atoms with E-state index in [1.54, 1.807) is 51.1 Å². The van der Waals surface area contributed by atoms with Crippen LogP contribution in [-0.4, -0.2) is 210 Å². The van der Waals surface area contributed by atoms with Gasteiger partial charge in [-0.15, -0.1) is 0 Å². The Kier molecular flexibility index (Phi) is 49.6. The third-order valence-electron chi connectivity index (χ3n) is 24.0. The number of ether oxygens (including phenoxy) is 3. The fraction of sp³-hybridized carbons (Fsp3) is 0.456. The smallest absolute Gasteiger partial charge is 0.464 e. The minimum atomic E-state index is -1.42. The standard InChI is InChI=1S/C30H38N2O5.C25H28N2O2.C19H23NO4.C13H24N2O4.C11H14INO.C8H6O.2C4H9.2Li/c1-6-31(7-2)27(33)21-12-14-23(15-13-21)30(35,26-20-22-10-8-9-11-25(22)36-26)24-16-18-32(19-17-24)28(34)37-29(3,4)5;1-3-27(4-2)25(28)20-11-9-18(10-12-20)24(19-13-15-26-16-14-19)23-17-21-7-5-6-8-22(21)29-23;1-19(2,3)24-18(22)20-10-8-13(9-11-20)17(21)16-12-14-6-4-5-7-15(14)23-16;1-13(2,3)19-12(17)15-8-6-10(7-9-15)11(16)14(4)18-5;1-3-13(4-2)11(14)9-5-7-10(12)8-6-9;1-2-4-8-7(3-1)5-6-9-8;1-4(2)3;1-3-4-2;;/h8-15,20,24,35H,6-7,16-19H2,1-5H3;5-12,17,26H,3-4,13-16H2,1-2H3;4-7,12-13H,8-11H2,1-3H3;10H,6-9H2,1-5H3;5-8H,3-4H2,1-2H3;1-6H;1-3H3;1,3-4H2,2H3;;/q;;;;;;2*-1;2*+1. The van der Waals surface area contributed by atoms with Crippen LogP contribution in [0.4, 0.5) is 14.4 Å². The summed E-state index contributed by atoms with van der Waals surface area (Å²) in [4.78, 5) is 114. The maximum atomic E-state index is 12.9. The van der Waals surface area contributed by atoms with Gasteiger partial charge < -0.3 is 84.5 Å². The van der Waals surface area contributed by atoms with Gasteiger partial charge in [-0.3, -0.25) is 28.8 Å². The minimum Gasteiger partial charge on any atom is -0.464 e. The van der Waals surface area contributed by atoms with Gasteiger partial charge in [-0.05, 0) is 299 Å². The Morgan fingerprint density at radius 3 is 1.17 bits per heavy atom. The van der Waals surface area contributed by atoms with E-state index in [0.29, 0.717) is 119 Å². The van der Waals surface area contributed by atoms with Crippen LogP contribution in [0.1, 0.15) is 260 Å². The number of nitrogens with zero attached hydrogens (tertiary/aromatic N) is 7. The van der Waals surface area contributed by atoms with E-state index >= 15 is 0 Å². The van der Waals surface area contributed by atoms with E-state index in [0.717, 1.165) is 123 Å². The Balaban J connectivity index is 0.000000266.